The van der Waals surface area contributed by atoms with Gasteiger partial charge in [-0.15, -0.1) is 0 Å². The van der Waals surface area contributed by atoms with Gasteiger partial charge in [-0.05, 0) is 61.9 Å². The number of aliphatic carboxylic acids is 1. The van der Waals surface area contributed by atoms with Crippen molar-refractivity contribution in [1.82, 2.24) is 0 Å². The maximum Gasteiger partial charge on any atom is 0.347 e. The van der Waals surface area contributed by atoms with Crippen molar-refractivity contribution in [3.63, 3.8) is 0 Å². The molecule has 0 aliphatic heterocycles. The standard InChI is InChI=1S/C18H17Cl2NO4/c1-18(2,17(23)24)25-15-5-3-14(4-6-15)21-16(22)9-11-7-12(19)10-13(20)8-11/h3-8,10H,9H2,1-2H3,(H,21,22)(H,23,24). The number of nitrogens with one attached hydrogen (secondary N) is 1. The number of carbonyl (C=O) groups excluding carboxylic acids is 1. The van der Waals surface area contributed by atoms with Gasteiger partial charge in [-0.1, -0.05) is 23.2 Å². The summed E-state index contributed by atoms with van der Waals surface area (Å²) in [4.78, 5) is 23.2. The number of halogens is 2. The molecule has 2 rings (SSSR count). The lowest BCUT2D eigenvalue weighted by atomic mass is 10.1. The quantitative estimate of drug-likeness (QED) is 0.776. The molecule has 2 aromatic rings. The summed E-state index contributed by atoms with van der Waals surface area (Å²) in [5, 5.41) is 12.7. The van der Waals surface area contributed by atoms with Crippen LogP contribution in [0.5, 0.6) is 5.75 Å². The summed E-state index contributed by atoms with van der Waals surface area (Å²) < 4.78 is 5.40. The van der Waals surface area contributed by atoms with E-state index in [1.165, 1.54) is 13.8 Å². The number of carboxylic acid groups (broad SMARTS) is 1. The van der Waals surface area contributed by atoms with Crippen LogP contribution in [-0.2, 0) is 16.0 Å². The van der Waals surface area contributed by atoms with Crippen LogP contribution in [0.4, 0.5) is 5.69 Å². The molecule has 0 aliphatic carbocycles. The molecule has 0 saturated carbocycles. The lowest BCUT2D eigenvalue weighted by molar-refractivity contribution is -0.152. The van der Waals surface area contributed by atoms with Gasteiger partial charge in [0.05, 0.1) is 6.42 Å². The van der Waals surface area contributed by atoms with E-state index < -0.39 is 11.6 Å². The van der Waals surface area contributed by atoms with Crippen LogP contribution in [0, 0.1) is 0 Å². The third-order valence-corrected chi connectivity index (χ3v) is 3.75. The number of carboxylic acids is 1. The molecule has 7 heteroatoms. The summed E-state index contributed by atoms with van der Waals surface area (Å²) in [5.74, 6) is -0.894. The zero-order valence-corrected chi connectivity index (χ0v) is 15.2. The van der Waals surface area contributed by atoms with E-state index >= 15 is 0 Å². The maximum absolute atomic E-state index is 12.1. The average Bonchev–Trinajstić information content (AvgIpc) is 2.47. The Kier molecular flexibility index (Phi) is 5.93. The van der Waals surface area contributed by atoms with E-state index in [4.69, 9.17) is 33.0 Å². The molecule has 0 fully saturated rings. The predicted octanol–water partition coefficient (Wildman–Crippen LogP) is 4.42. The van der Waals surface area contributed by atoms with Gasteiger partial charge in [0.2, 0.25) is 5.91 Å². The van der Waals surface area contributed by atoms with Gasteiger partial charge in [-0.3, -0.25) is 4.79 Å². The van der Waals surface area contributed by atoms with Gasteiger partial charge in [-0.25, -0.2) is 4.79 Å². The number of rotatable bonds is 6. The zero-order chi connectivity index (χ0) is 18.6. The fourth-order valence-corrected chi connectivity index (χ4v) is 2.62. The number of benzene rings is 2. The van der Waals surface area contributed by atoms with Crippen molar-refractivity contribution in [3.05, 3.63) is 58.1 Å². The summed E-state index contributed by atoms with van der Waals surface area (Å²) in [6.45, 7) is 2.92. The number of anilines is 1. The van der Waals surface area contributed by atoms with Gasteiger partial charge < -0.3 is 15.2 Å². The summed E-state index contributed by atoms with van der Waals surface area (Å²) in [6, 6.07) is 11.4. The molecule has 0 radical (unpaired) electrons. The summed E-state index contributed by atoms with van der Waals surface area (Å²) >= 11 is 11.8. The molecule has 5 nitrogen and oxygen atoms in total. The monoisotopic (exact) mass is 381 g/mol. The number of ether oxygens (including phenoxy) is 1. The Bertz CT molecular complexity index is 768. The first-order valence-corrected chi connectivity index (χ1v) is 8.18. The summed E-state index contributed by atoms with van der Waals surface area (Å²) in [5.41, 5.74) is -0.0619. The van der Waals surface area contributed by atoms with Crippen molar-refractivity contribution in [2.24, 2.45) is 0 Å². The number of amides is 1. The van der Waals surface area contributed by atoms with Crippen LogP contribution in [0.3, 0.4) is 0 Å². The number of hydrogen-bond acceptors (Lipinski definition) is 3. The highest BCUT2D eigenvalue weighted by atomic mass is 35.5. The Morgan fingerprint density at radius 1 is 1.08 bits per heavy atom. The Balaban J connectivity index is 1.98. The van der Waals surface area contributed by atoms with Crippen molar-refractivity contribution < 1.29 is 19.4 Å². The van der Waals surface area contributed by atoms with Crippen molar-refractivity contribution in [1.29, 1.82) is 0 Å². The van der Waals surface area contributed by atoms with Gasteiger partial charge >= 0.3 is 5.97 Å². The first-order chi connectivity index (χ1) is 11.7. The second-order valence-electron chi connectivity index (χ2n) is 5.94. The Labute approximate surface area is 155 Å². The van der Waals surface area contributed by atoms with Gasteiger partial charge in [0, 0.05) is 15.7 Å². The number of hydrogen-bond donors (Lipinski definition) is 2. The van der Waals surface area contributed by atoms with Crippen LogP contribution in [0.25, 0.3) is 0 Å². The van der Waals surface area contributed by atoms with Crippen molar-refractivity contribution in [3.8, 4) is 5.75 Å². The third kappa shape index (κ3) is 5.66. The SMILES string of the molecule is CC(C)(Oc1ccc(NC(=O)Cc2cc(Cl)cc(Cl)c2)cc1)C(=O)O. The van der Waals surface area contributed by atoms with Crippen LogP contribution in [0.15, 0.2) is 42.5 Å². The van der Waals surface area contributed by atoms with Crippen LogP contribution < -0.4 is 10.1 Å². The zero-order valence-electron chi connectivity index (χ0n) is 13.7. The van der Waals surface area contributed by atoms with E-state index in [1.54, 1.807) is 42.5 Å². The highest BCUT2D eigenvalue weighted by Crippen LogP contribution is 2.22. The normalized spacial score (nSPS) is 11.0. The average molecular weight is 382 g/mol. The minimum atomic E-state index is -1.34. The Hall–Kier alpha value is -2.24. The molecule has 2 aromatic carbocycles. The Morgan fingerprint density at radius 2 is 1.64 bits per heavy atom. The van der Waals surface area contributed by atoms with Crippen LogP contribution in [0.2, 0.25) is 10.0 Å². The van der Waals surface area contributed by atoms with Crippen molar-refractivity contribution in [2.75, 3.05) is 5.32 Å². The van der Waals surface area contributed by atoms with Crippen molar-refractivity contribution in [2.45, 2.75) is 25.9 Å². The lowest BCUT2D eigenvalue weighted by Gasteiger charge is -2.21. The highest BCUT2D eigenvalue weighted by molar-refractivity contribution is 6.34. The molecular weight excluding hydrogens is 365 g/mol. The third-order valence-electron chi connectivity index (χ3n) is 3.31. The van der Waals surface area contributed by atoms with E-state index in [-0.39, 0.29) is 12.3 Å². The molecule has 1 amide bonds. The molecule has 0 unspecified atom stereocenters. The molecule has 0 saturated heterocycles. The lowest BCUT2D eigenvalue weighted by Crippen LogP contribution is -2.37. The predicted molar refractivity (Wildman–Crippen MR) is 97.6 cm³/mol. The molecule has 0 aliphatic rings. The molecule has 0 spiro atoms. The fourth-order valence-electron chi connectivity index (χ4n) is 2.05. The minimum absolute atomic E-state index is 0.130. The van der Waals surface area contributed by atoms with Gasteiger partial charge in [0.15, 0.2) is 5.60 Å². The second-order valence-corrected chi connectivity index (χ2v) is 6.82. The van der Waals surface area contributed by atoms with E-state index in [2.05, 4.69) is 5.32 Å². The van der Waals surface area contributed by atoms with E-state index in [1.807, 2.05) is 0 Å². The summed E-state index contributed by atoms with van der Waals surface area (Å²) in [6.07, 6.45) is 0.130. The highest BCUT2D eigenvalue weighted by Gasteiger charge is 2.29. The van der Waals surface area contributed by atoms with Crippen LogP contribution >= 0.6 is 23.2 Å². The smallest absolute Gasteiger partial charge is 0.347 e. The molecule has 132 valence electrons. The van der Waals surface area contributed by atoms with E-state index in [9.17, 15) is 9.59 Å². The Morgan fingerprint density at radius 3 is 2.16 bits per heavy atom. The molecule has 0 atom stereocenters. The van der Waals surface area contributed by atoms with E-state index in [0.717, 1.165) is 0 Å². The molecule has 25 heavy (non-hydrogen) atoms. The molecule has 0 bridgehead atoms. The molecule has 0 heterocycles. The molecular formula is C18H17Cl2NO4. The molecule has 0 aromatic heterocycles. The summed E-state index contributed by atoms with van der Waals surface area (Å²) in [7, 11) is 0. The topological polar surface area (TPSA) is 75.6 Å². The van der Waals surface area contributed by atoms with Crippen LogP contribution in [-0.4, -0.2) is 22.6 Å². The maximum atomic E-state index is 12.1. The second kappa shape index (κ2) is 7.76. The van der Waals surface area contributed by atoms with E-state index in [0.29, 0.717) is 27.0 Å². The van der Waals surface area contributed by atoms with Crippen molar-refractivity contribution >= 4 is 40.8 Å². The minimum Gasteiger partial charge on any atom is -0.478 e. The largest absolute Gasteiger partial charge is 0.478 e. The van der Waals surface area contributed by atoms with Crippen LogP contribution in [0.1, 0.15) is 19.4 Å². The van der Waals surface area contributed by atoms with Gasteiger partial charge in [0.1, 0.15) is 5.75 Å². The first-order valence-electron chi connectivity index (χ1n) is 7.43. The van der Waals surface area contributed by atoms with Gasteiger partial charge in [-0.2, -0.15) is 0 Å². The fraction of sp³-hybridized carbons (Fsp3) is 0.222. The van der Waals surface area contributed by atoms with Gasteiger partial charge in [0.25, 0.3) is 0 Å². The molecule has 2 N–H and O–H groups in total. The first kappa shape index (κ1) is 19.1. The number of carbonyl (C=O) groups is 2.